The molecular weight excluding hydrogens is 392 g/mol. The molecule has 0 aliphatic heterocycles. The molecule has 3 aromatic heterocycles. The molecule has 0 N–H and O–H groups in total. The molecule has 8 heteroatoms. The molecule has 1 fully saturated rings. The molecule has 148 valence electrons. The topological polar surface area (TPSA) is 64.2 Å². The maximum absolute atomic E-state index is 12.6. The zero-order valence-electron chi connectivity index (χ0n) is 15.9. The van der Waals surface area contributed by atoms with Crippen molar-refractivity contribution in [3.05, 3.63) is 40.8 Å². The fraction of sp³-hybridized carbons (Fsp3) is 0.450. The first kappa shape index (κ1) is 19.3. The number of aromatic nitrogens is 3. The lowest BCUT2D eigenvalue weighted by molar-refractivity contribution is -0.127. The molecule has 1 aliphatic carbocycles. The maximum atomic E-state index is 12.6. The molecule has 0 aromatic carbocycles. The summed E-state index contributed by atoms with van der Waals surface area (Å²) < 4.78 is 7.77. The van der Waals surface area contributed by atoms with Gasteiger partial charge in [-0.3, -0.25) is 9.36 Å². The zero-order valence-corrected chi connectivity index (χ0v) is 17.5. The van der Waals surface area contributed by atoms with Gasteiger partial charge in [-0.25, -0.2) is 0 Å². The van der Waals surface area contributed by atoms with Crippen molar-refractivity contribution in [2.45, 2.75) is 49.8 Å². The summed E-state index contributed by atoms with van der Waals surface area (Å²) in [7, 11) is 1.85. The van der Waals surface area contributed by atoms with E-state index in [2.05, 4.69) is 26.2 Å². The molecular formula is C20H24N4O2S2. The van der Waals surface area contributed by atoms with Crippen LogP contribution in [-0.4, -0.2) is 38.4 Å². The van der Waals surface area contributed by atoms with E-state index in [0.29, 0.717) is 18.3 Å². The molecule has 3 heterocycles. The zero-order chi connectivity index (χ0) is 19.3. The number of rotatable bonds is 7. The minimum Gasteiger partial charge on any atom is -0.461 e. The number of carbonyl (C=O) groups is 1. The summed E-state index contributed by atoms with van der Waals surface area (Å²) >= 11 is 3.12. The third kappa shape index (κ3) is 4.33. The number of thiophene rings is 1. The molecule has 0 unspecified atom stereocenters. The van der Waals surface area contributed by atoms with Crippen molar-refractivity contribution in [1.82, 2.24) is 19.7 Å². The quantitative estimate of drug-likeness (QED) is 0.515. The van der Waals surface area contributed by atoms with E-state index in [1.54, 1.807) is 22.5 Å². The van der Waals surface area contributed by atoms with Crippen LogP contribution in [-0.2, 0) is 11.3 Å². The average Bonchev–Trinajstić information content (AvgIpc) is 3.47. The first-order valence-corrected chi connectivity index (χ1v) is 11.5. The molecule has 1 amide bonds. The molecule has 4 rings (SSSR count). The summed E-state index contributed by atoms with van der Waals surface area (Å²) in [6.07, 6.45) is 7.60. The van der Waals surface area contributed by atoms with Gasteiger partial charge in [0.1, 0.15) is 0 Å². The van der Waals surface area contributed by atoms with Gasteiger partial charge in [0.05, 0.1) is 12.0 Å². The van der Waals surface area contributed by atoms with E-state index in [4.69, 9.17) is 4.42 Å². The second-order valence-electron chi connectivity index (χ2n) is 7.12. The summed E-state index contributed by atoms with van der Waals surface area (Å²) in [5.74, 6) is 1.93. The third-order valence-corrected chi connectivity index (χ3v) is 6.76. The Morgan fingerprint density at radius 3 is 2.89 bits per heavy atom. The van der Waals surface area contributed by atoms with Gasteiger partial charge in [0.15, 0.2) is 10.9 Å². The molecule has 0 spiro atoms. The minimum atomic E-state index is 0.0916. The Bertz CT molecular complexity index is 884. The summed E-state index contributed by atoms with van der Waals surface area (Å²) in [6, 6.07) is 6.20. The van der Waals surface area contributed by atoms with Gasteiger partial charge in [0, 0.05) is 19.6 Å². The standard InChI is InChI=1S/C20H24N4O2S2/c1-23(12-15-9-11-27-13-15)18(25)14-28-20-22-21-19(17-8-5-10-26-17)24(20)16-6-3-2-4-7-16/h5,8-11,13,16H,2-4,6-7,12,14H2,1H3. The van der Waals surface area contributed by atoms with Crippen molar-refractivity contribution >= 4 is 29.0 Å². The number of hydrogen-bond acceptors (Lipinski definition) is 6. The second kappa shape index (κ2) is 8.96. The van der Waals surface area contributed by atoms with Crippen LogP contribution in [0, 0.1) is 0 Å². The largest absolute Gasteiger partial charge is 0.461 e. The van der Waals surface area contributed by atoms with Gasteiger partial charge in [-0.15, -0.1) is 10.2 Å². The van der Waals surface area contributed by atoms with Crippen LogP contribution in [0.4, 0.5) is 0 Å². The van der Waals surface area contributed by atoms with Crippen molar-refractivity contribution < 1.29 is 9.21 Å². The van der Waals surface area contributed by atoms with Crippen molar-refractivity contribution in [3.63, 3.8) is 0 Å². The van der Waals surface area contributed by atoms with Gasteiger partial charge >= 0.3 is 0 Å². The number of hydrogen-bond donors (Lipinski definition) is 0. The molecule has 0 saturated heterocycles. The Kier molecular flexibility index (Phi) is 6.17. The van der Waals surface area contributed by atoms with E-state index in [-0.39, 0.29) is 5.91 Å². The van der Waals surface area contributed by atoms with Crippen LogP contribution in [0.5, 0.6) is 0 Å². The van der Waals surface area contributed by atoms with Gasteiger partial charge in [0.25, 0.3) is 0 Å². The summed E-state index contributed by atoms with van der Waals surface area (Å²) in [6.45, 7) is 0.635. The summed E-state index contributed by atoms with van der Waals surface area (Å²) in [5, 5.41) is 13.7. The van der Waals surface area contributed by atoms with E-state index < -0.39 is 0 Å². The van der Waals surface area contributed by atoms with E-state index in [9.17, 15) is 4.79 Å². The highest BCUT2D eigenvalue weighted by Crippen LogP contribution is 2.35. The maximum Gasteiger partial charge on any atom is 0.233 e. The van der Waals surface area contributed by atoms with Crippen LogP contribution in [0.25, 0.3) is 11.6 Å². The Morgan fingerprint density at radius 1 is 1.32 bits per heavy atom. The molecule has 28 heavy (non-hydrogen) atoms. The molecule has 1 aliphatic rings. The molecule has 0 bridgehead atoms. The molecule has 0 atom stereocenters. The van der Waals surface area contributed by atoms with Gasteiger partial charge < -0.3 is 9.32 Å². The fourth-order valence-corrected chi connectivity index (χ4v) is 5.20. The van der Waals surface area contributed by atoms with Crippen LogP contribution in [0.1, 0.15) is 43.7 Å². The second-order valence-corrected chi connectivity index (χ2v) is 8.84. The fourth-order valence-electron chi connectivity index (χ4n) is 3.60. The van der Waals surface area contributed by atoms with E-state index >= 15 is 0 Å². The van der Waals surface area contributed by atoms with Crippen molar-refractivity contribution in [2.24, 2.45) is 0 Å². The van der Waals surface area contributed by atoms with Crippen molar-refractivity contribution in [3.8, 4) is 11.6 Å². The monoisotopic (exact) mass is 416 g/mol. The number of furan rings is 1. The number of amides is 1. The lowest BCUT2D eigenvalue weighted by Gasteiger charge is -2.25. The number of nitrogens with zero attached hydrogens (tertiary/aromatic N) is 4. The lowest BCUT2D eigenvalue weighted by atomic mass is 9.95. The van der Waals surface area contributed by atoms with Crippen LogP contribution in [0.2, 0.25) is 0 Å². The van der Waals surface area contributed by atoms with Gasteiger partial charge in [-0.2, -0.15) is 11.3 Å². The van der Waals surface area contributed by atoms with Gasteiger partial charge in [0.2, 0.25) is 11.7 Å². The number of carbonyl (C=O) groups excluding carboxylic acids is 1. The molecule has 1 saturated carbocycles. The summed E-state index contributed by atoms with van der Waals surface area (Å²) in [4.78, 5) is 14.4. The molecule has 3 aromatic rings. The van der Waals surface area contributed by atoms with Gasteiger partial charge in [-0.1, -0.05) is 31.0 Å². The molecule has 0 radical (unpaired) electrons. The smallest absolute Gasteiger partial charge is 0.233 e. The van der Waals surface area contributed by atoms with E-state index in [1.807, 2.05) is 24.6 Å². The van der Waals surface area contributed by atoms with Crippen LogP contribution in [0.3, 0.4) is 0 Å². The Balaban J connectivity index is 1.48. The van der Waals surface area contributed by atoms with Crippen LogP contribution >= 0.6 is 23.1 Å². The highest BCUT2D eigenvalue weighted by atomic mass is 32.2. The predicted octanol–water partition coefficient (Wildman–Crippen LogP) is 4.86. The van der Waals surface area contributed by atoms with Crippen molar-refractivity contribution in [2.75, 3.05) is 12.8 Å². The summed E-state index contributed by atoms with van der Waals surface area (Å²) in [5.41, 5.74) is 1.16. The Labute approximate surface area is 172 Å². The predicted molar refractivity (Wildman–Crippen MR) is 111 cm³/mol. The lowest BCUT2D eigenvalue weighted by Crippen LogP contribution is -2.27. The van der Waals surface area contributed by atoms with E-state index in [0.717, 1.165) is 35.1 Å². The Morgan fingerprint density at radius 2 is 2.18 bits per heavy atom. The van der Waals surface area contributed by atoms with Crippen molar-refractivity contribution in [1.29, 1.82) is 0 Å². The normalized spacial score (nSPS) is 15.0. The SMILES string of the molecule is CN(Cc1ccsc1)C(=O)CSc1nnc(-c2ccco2)n1C1CCCCC1. The molecule has 6 nitrogen and oxygen atoms in total. The first-order chi connectivity index (χ1) is 13.7. The van der Waals surface area contributed by atoms with Gasteiger partial charge in [-0.05, 0) is 47.4 Å². The Hall–Kier alpha value is -2.06. The van der Waals surface area contributed by atoms with Crippen LogP contribution in [0.15, 0.2) is 44.8 Å². The number of thioether (sulfide) groups is 1. The highest BCUT2D eigenvalue weighted by Gasteiger charge is 2.25. The first-order valence-electron chi connectivity index (χ1n) is 9.59. The van der Waals surface area contributed by atoms with E-state index in [1.165, 1.54) is 31.0 Å². The average molecular weight is 417 g/mol. The van der Waals surface area contributed by atoms with Crippen LogP contribution < -0.4 is 0 Å². The minimum absolute atomic E-state index is 0.0916. The third-order valence-electron chi connectivity index (χ3n) is 5.10. The highest BCUT2D eigenvalue weighted by molar-refractivity contribution is 7.99.